The topological polar surface area (TPSA) is 40.5 Å². The molecule has 0 heterocycles. The van der Waals surface area contributed by atoms with Crippen LogP contribution < -0.4 is 0 Å². The molecule has 2 N–H and O–H groups in total. The smallest absolute Gasteiger partial charge is 0.424 e. The van der Waals surface area contributed by atoms with Crippen LogP contribution in [0.1, 0.15) is 16.7 Å². The van der Waals surface area contributed by atoms with Gasteiger partial charge in [-0.25, -0.2) is 4.39 Å². The van der Waals surface area contributed by atoms with E-state index in [2.05, 4.69) is 0 Å². The van der Waals surface area contributed by atoms with Gasteiger partial charge in [-0.3, -0.25) is 0 Å². The van der Waals surface area contributed by atoms with E-state index in [-0.39, 0.29) is 5.82 Å². The van der Waals surface area contributed by atoms with E-state index in [1.165, 1.54) is 12.1 Å². The van der Waals surface area contributed by atoms with Crippen molar-refractivity contribution in [2.24, 2.45) is 0 Å². The van der Waals surface area contributed by atoms with Crippen LogP contribution in [0, 0.1) is 19.7 Å². The molecule has 1 rings (SSSR count). The van der Waals surface area contributed by atoms with Gasteiger partial charge in [0.15, 0.2) is 0 Å². The van der Waals surface area contributed by atoms with Crippen molar-refractivity contribution in [2.75, 3.05) is 0 Å². The summed E-state index contributed by atoms with van der Waals surface area (Å²) in [4.78, 5) is 0. The van der Waals surface area contributed by atoms with E-state index in [4.69, 9.17) is 10.0 Å². The van der Waals surface area contributed by atoms with E-state index in [1.807, 2.05) is 13.0 Å². The third kappa shape index (κ3) is 2.68. The molecule has 74 valence electrons. The van der Waals surface area contributed by atoms with E-state index in [1.54, 1.807) is 6.92 Å². The molecule has 0 spiro atoms. The number of hydrogen-bond donors (Lipinski definition) is 2. The van der Waals surface area contributed by atoms with Gasteiger partial charge in [0.2, 0.25) is 0 Å². The van der Waals surface area contributed by atoms with Gasteiger partial charge in [-0.05, 0) is 31.0 Å². The highest BCUT2D eigenvalue weighted by molar-refractivity contribution is 6.48. The fourth-order valence-corrected chi connectivity index (χ4v) is 1.32. The minimum absolute atomic E-state index is 0.348. The molecule has 1 aromatic carbocycles. The van der Waals surface area contributed by atoms with Gasteiger partial charge < -0.3 is 10.0 Å². The Kier molecular flexibility index (Phi) is 3.44. The summed E-state index contributed by atoms with van der Waals surface area (Å²) in [6, 6.07) is 3.25. The van der Waals surface area contributed by atoms with Crippen molar-refractivity contribution in [3.63, 3.8) is 0 Å². The maximum absolute atomic E-state index is 13.3. The third-order valence-corrected chi connectivity index (χ3v) is 1.92. The second-order valence-corrected chi connectivity index (χ2v) is 3.25. The zero-order valence-corrected chi connectivity index (χ0v) is 8.16. The molecule has 0 aromatic heterocycles. The molecule has 1 aromatic rings. The van der Waals surface area contributed by atoms with Gasteiger partial charge in [-0.2, -0.15) is 0 Å². The second-order valence-electron chi connectivity index (χ2n) is 3.25. The first-order chi connectivity index (χ1) is 6.50. The van der Waals surface area contributed by atoms with Gasteiger partial charge in [0.05, 0.1) is 0 Å². The number of hydrogen-bond acceptors (Lipinski definition) is 2. The molecule has 2 nitrogen and oxygen atoms in total. The highest BCUT2D eigenvalue weighted by Crippen LogP contribution is 2.16. The Hall–Kier alpha value is -1.13. The van der Waals surface area contributed by atoms with Crippen molar-refractivity contribution in [1.29, 1.82) is 0 Å². The Labute approximate surface area is 82.8 Å². The third-order valence-electron chi connectivity index (χ3n) is 1.92. The van der Waals surface area contributed by atoms with E-state index < -0.39 is 7.12 Å². The van der Waals surface area contributed by atoms with Crippen molar-refractivity contribution in [1.82, 2.24) is 0 Å². The lowest BCUT2D eigenvalue weighted by molar-refractivity contribution is 0.424. The zero-order chi connectivity index (χ0) is 10.7. The molecule has 0 amide bonds. The molecule has 0 unspecified atom stereocenters. The largest absolute Gasteiger partial charge is 0.480 e. The van der Waals surface area contributed by atoms with Crippen molar-refractivity contribution in [3.05, 3.63) is 40.6 Å². The molecule has 0 fully saturated rings. The van der Waals surface area contributed by atoms with Crippen molar-refractivity contribution in [3.8, 4) is 0 Å². The molecule has 4 heteroatoms. The molecule has 0 aliphatic heterocycles. The second kappa shape index (κ2) is 4.40. The Morgan fingerprint density at radius 2 is 1.93 bits per heavy atom. The normalized spacial score (nSPS) is 10.9. The predicted molar refractivity (Wildman–Crippen MR) is 55.1 cm³/mol. The Morgan fingerprint density at radius 3 is 2.43 bits per heavy atom. The lowest BCUT2D eigenvalue weighted by Gasteiger charge is -2.03. The number of aryl methyl sites for hydroxylation is 2. The summed E-state index contributed by atoms with van der Waals surface area (Å²) in [7, 11) is -1.55. The SMILES string of the molecule is Cc1cc(C)c(/C=C/B(O)O)c(F)c1. The van der Waals surface area contributed by atoms with Gasteiger partial charge in [-0.1, -0.05) is 18.1 Å². The molecule has 0 bridgehead atoms. The summed E-state index contributed by atoms with van der Waals surface area (Å²) >= 11 is 0. The van der Waals surface area contributed by atoms with E-state index in [0.29, 0.717) is 5.56 Å². The molecule has 0 saturated heterocycles. The van der Waals surface area contributed by atoms with E-state index in [0.717, 1.165) is 17.1 Å². The summed E-state index contributed by atoms with van der Waals surface area (Å²) in [6.45, 7) is 3.59. The zero-order valence-electron chi connectivity index (χ0n) is 8.16. The quantitative estimate of drug-likeness (QED) is 0.699. The molecular formula is C10H12BFO2. The van der Waals surface area contributed by atoms with Crippen LogP contribution in [-0.4, -0.2) is 17.2 Å². The van der Waals surface area contributed by atoms with Crippen LogP contribution in [0.3, 0.4) is 0 Å². The monoisotopic (exact) mass is 194 g/mol. The van der Waals surface area contributed by atoms with E-state index in [9.17, 15) is 4.39 Å². The number of rotatable bonds is 2. The van der Waals surface area contributed by atoms with Crippen molar-refractivity contribution >= 4 is 13.2 Å². The van der Waals surface area contributed by atoms with Gasteiger partial charge in [-0.15, -0.1) is 0 Å². The molecular weight excluding hydrogens is 182 g/mol. The predicted octanol–water partition coefficient (Wildman–Crippen LogP) is 1.47. The number of benzene rings is 1. The lowest BCUT2D eigenvalue weighted by atomic mass is 9.90. The first kappa shape index (κ1) is 11.0. The maximum atomic E-state index is 13.3. The van der Waals surface area contributed by atoms with Crippen LogP contribution in [0.2, 0.25) is 0 Å². The van der Waals surface area contributed by atoms with Crippen LogP contribution in [0.15, 0.2) is 18.1 Å². The molecule has 0 saturated carbocycles. The van der Waals surface area contributed by atoms with Gasteiger partial charge in [0.1, 0.15) is 5.82 Å². The van der Waals surface area contributed by atoms with Crippen LogP contribution >= 0.6 is 0 Å². The number of halogens is 1. The molecule has 0 radical (unpaired) electrons. The summed E-state index contributed by atoms with van der Waals surface area (Å²) in [6.07, 6.45) is 1.37. The molecule has 0 aliphatic rings. The Bertz CT molecular complexity index is 338. The fourth-order valence-electron chi connectivity index (χ4n) is 1.32. The average molecular weight is 194 g/mol. The first-order valence-corrected chi connectivity index (χ1v) is 4.32. The van der Waals surface area contributed by atoms with Crippen molar-refractivity contribution in [2.45, 2.75) is 13.8 Å². The summed E-state index contributed by atoms with van der Waals surface area (Å²) in [5, 5.41) is 17.2. The molecule has 0 aliphatic carbocycles. The molecule has 14 heavy (non-hydrogen) atoms. The van der Waals surface area contributed by atoms with Crippen LogP contribution in [0.5, 0.6) is 0 Å². The van der Waals surface area contributed by atoms with Gasteiger partial charge >= 0.3 is 7.12 Å². The van der Waals surface area contributed by atoms with E-state index >= 15 is 0 Å². The molecule has 0 atom stereocenters. The minimum atomic E-state index is -1.55. The Morgan fingerprint density at radius 1 is 1.29 bits per heavy atom. The van der Waals surface area contributed by atoms with Crippen molar-refractivity contribution < 1.29 is 14.4 Å². The summed E-state index contributed by atoms with van der Waals surface area (Å²) in [5.74, 6) is 0.778. The summed E-state index contributed by atoms with van der Waals surface area (Å²) < 4.78 is 13.3. The fraction of sp³-hybridized carbons (Fsp3) is 0.200. The average Bonchev–Trinajstić information content (AvgIpc) is 2.01. The Balaban J connectivity index is 3.09. The van der Waals surface area contributed by atoms with Crippen LogP contribution in [-0.2, 0) is 0 Å². The minimum Gasteiger partial charge on any atom is -0.424 e. The summed E-state index contributed by atoms with van der Waals surface area (Å²) in [5.41, 5.74) is 2.02. The van der Waals surface area contributed by atoms with Gasteiger partial charge in [0.25, 0.3) is 0 Å². The van der Waals surface area contributed by atoms with Crippen LogP contribution in [0.25, 0.3) is 6.08 Å². The highest BCUT2D eigenvalue weighted by Gasteiger charge is 2.05. The standard InChI is InChI=1S/C10H12BFO2/c1-7-5-8(2)9(10(12)6-7)3-4-11(13)14/h3-6,13-14H,1-2H3/b4-3+. The van der Waals surface area contributed by atoms with Gasteiger partial charge in [0, 0.05) is 5.56 Å². The van der Waals surface area contributed by atoms with Crippen LogP contribution in [0.4, 0.5) is 4.39 Å². The maximum Gasteiger partial charge on any atom is 0.480 e. The first-order valence-electron chi connectivity index (χ1n) is 4.32. The highest BCUT2D eigenvalue weighted by atomic mass is 19.1. The lowest BCUT2D eigenvalue weighted by Crippen LogP contribution is -2.05.